The number of nitrogens with one attached hydrogen (secondary N) is 1. The Balaban J connectivity index is 0.00000161. The van der Waals surface area contributed by atoms with Crippen molar-refractivity contribution >= 4 is 23.1 Å². The molecule has 0 fully saturated rings. The third kappa shape index (κ3) is 2.40. The van der Waals surface area contributed by atoms with Crippen molar-refractivity contribution in [3.05, 3.63) is 69.5 Å². The van der Waals surface area contributed by atoms with Crippen molar-refractivity contribution in [3.8, 4) is 0 Å². The molecule has 0 atom stereocenters. The molecule has 5 heteroatoms. The molecule has 2 aromatic heterocycles. The SMILES string of the molecule is O=c1c2ccccc2[nH]c(=S)n1CCc1ccccn1.[HH]. The van der Waals surface area contributed by atoms with Gasteiger partial charge in [0.25, 0.3) is 5.56 Å². The van der Waals surface area contributed by atoms with Crippen LogP contribution in [0.15, 0.2) is 53.5 Å². The quantitative estimate of drug-likeness (QED) is 0.753. The van der Waals surface area contributed by atoms with Gasteiger partial charge in [-0.25, -0.2) is 0 Å². The first-order chi connectivity index (χ1) is 9.75. The molecule has 0 aliphatic heterocycles. The molecule has 0 spiro atoms. The summed E-state index contributed by atoms with van der Waals surface area (Å²) in [4.78, 5) is 19.8. The lowest BCUT2D eigenvalue weighted by atomic mass is 10.2. The minimum Gasteiger partial charge on any atom is -0.332 e. The fourth-order valence-electron chi connectivity index (χ4n) is 2.17. The van der Waals surface area contributed by atoms with E-state index in [9.17, 15) is 4.79 Å². The topological polar surface area (TPSA) is 50.7 Å². The lowest BCUT2D eigenvalue weighted by Gasteiger charge is -2.07. The summed E-state index contributed by atoms with van der Waals surface area (Å²) in [6.07, 6.45) is 2.43. The first kappa shape index (κ1) is 12.7. The Morgan fingerprint density at radius 3 is 2.80 bits per heavy atom. The minimum atomic E-state index is -0.0553. The molecule has 1 aromatic carbocycles. The summed E-state index contributed by atoms with van der Waals surface area (Å²) in [6, 6.07) is 13.1. The molecule has 0 aliphatic carbocycles. The predicted octanol–water partition coefficient (Wildman–Crippen LogP) is 2.94. The number of hydrogen-bond acceptors (Lipinski definition) is 3. The van der Waals surface area contributed by atoms with E-state index < -0.39 is 0 Å². The number of fused-ring (bicyclic) bond motifs is 1. The van der Waals surface area contributed by atoms with Gasteiger partial charge in [-0.1, -0.05) is 18.2 Å². The summed E-state index contributed by atoms with van der Waals surface area (Å²) in [5, 5.41) is 0.655. The van der Waals surface area contributed by atoms with Gasteiger partial charge in [-0.3, -0.25) is 14.3 Å². The van der Waals surface area contributed by atoms with E-state index in [1.807, 2.05) is 36.4 Å². The molecule has 102 valence electrons. The number of aromatic nitrogens is 3. The second-order valence-corrected chi connectivity index (χ2v) is 4.89. The van der Waals surface area contributed by atoms with Crippen LogP contribution in [-0.4, -0.2) is 14.5 Å². The van der Waals surface area contributed by atoms with Crippen LogP contribution in [0.25, 0.3) is 10.9 Å². The van der Waals surface area contributed by atoms with Gasteiger partial charge in [0, 0.05) is 26.3 Å². The Labute approximate surface area is 122 Å². The van der Waals surface area contributed by atoms with Crippen molar-refractivity contribution in [3.63, 3.8) is 0 Å². The van der Waals surface area contributed by atoms with Gasteiger partial charge in [0.15, 0.2) is 4.77 Å². The van der Waals surface area contributed by atoms with E-state index >= 15 is 0 Å². The number of para-hydroxylation sites is 1. The van der Waals surface area contributed by atoms with E-state index in [-0.39, 0.29) is 6.99 Å². The van der Waals surface area contributed by atoms with Crippen molar-refractivity contribution in [2.75, 3.05) is 0 Å². The van der Waals surface area contributed by atoms with Crippen LogP contribution in [0, 0.1) is 4.77 Å². The third-order valence-corrected chi connectivity index (χ3v) is 3.53. The predicted molar refractivity (Wildman–Crippen MR) is 83.4 cm³/mol. The third-order valence-electron chi connectivity index (χ3n) is 3.21. The molecule has 1 N–H and O–H groups in total. The standard InChI is InChI=1S/C15H13N3OS.H2/c19-14-12-6-1-2-7-13(12)17-15(20)18(14)10-8-11-5-3-4-9-16-11;/h1-7,9H,8,10H2,(H,17,20);1H. The Kier molecular flexibility index (Phi) is 3.43. The van der Waals surface area contributed by atoms with Crippen molar-refractivity contribution in [2.24, 2.45) is 0 Å². The van der Waals surface area contributed by atoms with Gasteiger partial charge in [-0.05, 0) is 36.5 Å². The maximum absolute atomic E-state index is 12.4. The highest BCUT2D eigenvalue weighted by Gasteiger charge is 2.05. The molecular weight excluding hydrogens is 270 g/mol. The second kappa shape index (κ2) is 5.38. The average molecular weight is 285 g/mol. The van der Waals surface area contributed by atoms with Gasteiger partial charge in [-0.2, -0.15) is 0 Å². The number of aromatic amines is 1. The summed E-state index contributed by atoms with van der Waals surface area (Å²) in [5.41, 5.74) is 1.67. The van der Waals surface area contributed by atoms with Crippen LogP contribution in [0.5, 0.6) is 0 Å². The summed E-state index contributed by atoms with van der Waals surface area (Å²) >= 11 is 5.27. The van der Waals surface area contributed by atoms with E-state index in [1.54, 1.807) is 16.8 Å². The zero-order valence-corrected chi connectivity index (χ0v) is 11.6. The molecule has 2 heterocycles. The van der Waals surface area contributed by atoms with Gasteiger partial charge < -0.3 is 4.98 Å². The molecule has 0 radical (unpaired) electrons. The first-order valence-electron chi connectivity index (χ1n) is 6.37. The molecule has 3 aromatic rings. The summed E-state index contributed by atoms with van der Waals surface area (Å²) in [7, 11) is 0. The molecule has 0 amide bonds. The second-order valence-electron chi connectivity index (χ2n) is 4.50. The van der Waals surface area contributed by atoms with Crippen LogP contribution >= 0.6 is 12.2 Å². The molecule has 3 rings (SSSR count). The largest absolute Gasteiger partial charge is 0.332 e. The van der Waals surface area contributed by atoms with E-state index in [4.69, 9.17) is 12.2 Å². The van der Waals surface area contributed by atoms with Gasteiger partial charge in [0.05, 0.1) is 10.9 Å². The van der Waals surface area contributed by atoms with Crippen LogP contribution < -0.4 is 5.56 Å². The molecule has 0 saturated heterocycles. The summed E-state index contributed by atoms with van der Waals surface area (Å²) < 4.78 is 2.04. The number of H-pyrrole nitrogens is 1. The lowest BCUT2D eigenvalue weighted by molar-refractivity contribution is 0.644. The highest BCUT2D eigenvalue weighted by atomic mass is 32.1. The normalized spacial score (nSPS) is 10.8. The average Bonchev–Trinajstić information content (AvgIpc) is 2.48. The number of pyridine rings is 1. The van der Waals surface area contributed by atoms with Gasteiger partial charge in [0.2, 0.25) is 0 Å². The van der Waals surface area contributed by atoms with Crippen molar-refractivity contribution in [1.29, 1.82) is 0 Å². The van der Waals surface area contributed by atoms with E-state index in [1.165, 1.54) is 0 Å². The lowest BCUT2D eigenvalue weighted by Crippen LogP contribution is -2.23. The smallest absolute Gasteiger partial charge is 0.262 e. The molecular formula is C15H15N3OS. The van der Waals surface area contributed by atoms with E-state index in [2.05, 4.69) is 9.97 Å². The highest BCUT2D eigenvalue weighted by Crippen LogP contribution is 2.06. The van der Waals surface area contributed by atoms with E-state index in [0.717, 1.165) is 11.2 Å². The first-order valence-corrected chi connectivity index (χ1v) is 6.78. The maximum atomic E-state index is 12.4. The fraction of sp³-hybridized carbons (Fsp3) is 0.133. The zero-order chi connectivity index (χ0) is 13.9. The van der Waals surface area contributed by atoms with Crippen molar-refractivity contribution < 1.29 is 1.43 Å². The fourth-order valence-corrected chi connectivity index (χ4v) is 2.46. The van der Waals surface area contributed by atoms with Crippen LogP contribution in [0.1, 0.15) is 7.12 Å². The molecule has 0 bridgehead atoms. The molecule has 20 heavy (non-hydrogen) atoms. The zero-order valence-electron chi connectivity index (χ0n) is 10.7. The molecule has 0 saturated carbocycles. The number of nitrogens with zero attached hydrogens (tertiary/aromatic N) is 2. The van der Waals surface area contributed by atoms with Crippen molar-refractivity contribution in [2.45, 2.75) is 13.0 Å². The summed E-state index contributed by atoms with van der Waals surface area (Å²) in [6.45, 7) is 0.524. The van der Waals surface area contributed by atoms with Crippen LogP contribution in [-0.2, 0) is 13.0 Å². The summed E-state index contributed by atoms with van der Waals surface area (Å²) in [5.74, 6) is 0. The Hall–Kier alpha value is -2.27. The van der Waals surface area contributed by atoms with Crippen LogP contribution in [0.2, 0.25) is 0 Å². The van der Waals surface area contributed by atoms with Gasteiger partial charge in [0.1, 0.15) is 0 Å². The van der Waals surface area contributed by atoms with Crippen LogP contribution in [0.4, 0.5) is 0 Å². The van der Waals surface area contributed by atoms with Crippen LogP contribution in [0.3, 0.4) is 0 Å². The number of aryl methyl sites for hydroxylation is 1. The Morgan fingerprint density at radius 1 is 1.20 bits per heavy atom. The monoisotopic (exact) mass is 285 g/mol. The molecule has 0 aliphatic rings. The highest BCUT2D eigenvalue weighted by molar-refractivity contribution is 7.71. The number of hydrogen-bond donors (Lipinski definition) is 1. The number of rotatable bonds is 3. The van der Waals surface area contributed by atoms with Gasteiger partial charge >= 0.3 is 0 Å². The van der Waals surface area contributed by atoms with E-state index in [0.29, 0.717) is 23.1 Å². The number of benzene rings is 1. The Bertz CT molecular complexity index is 858. The maximum Gasteiger partial charge on any atom is 0.262 e. The Morgan fingerprint density at radius 2 is 2.00 bits per heavy atom. The van der Waals surface area contributed by atoms with Gasteiger partial charge in [-0.15, -0.1) is 0 Å². The molecule has 0 unspecified atom stereocenters. The van der Waals surface area contributed by atoms with Crippen molar-refractivity contribution in [1.82, 2.24) is 14.5 Å². The minimum absolute atomic E-state index is 0. The molecule has 4 nitrogen and oxygen atoms in total.